The van der Waals surface area contributed by atoms with Gasteiger partial charge >= 0.3 is 11.9 Å². The van der Waals surface area contributed by atoms with Crippen LogP contribution in [0.15, 0.2) is 53.6 Å². The fourth-order valence-electron chi connectivity index (χ4n) is 3.71. The van der Waals surface area contributed by atoms with E-state index < -0.39 is 47.7 Å². The van der Waals surface area contributed by atoms with Crippen molar-refractivity contribution in [3.05, 3.63) is 81.9 Å². The first-order chi connectivity index (χ1) is 18.6. The number of carboxylic acids is 2. The summed E-state index contributed by atoms with van der Waals surface area (Å²) in [6.07, 6.45) is 1.96. The fraction of sp³-hybridized carbons (Fsp3) is 0.167. The van der Waals surface area contributed by atoms with Gasteiger partial charge in [-0.05, 0) is 36.8 Å². The van der Waals surface area contributed by atoms with Gasteiger partial charge in [-0.2, -0.15) is 9.37 Å². The Morgan fingerprint density at radius 1 is 1.05 bits per heavy atom. The molecule has 0 bridgehead atoms. The van der Waals surface area contributed by atoms with Gasteiger partial charge in [0, 0.05) is 23.0 Å². The van der Waals surface area contributed by atoms with Crippen LogP contribution >= 0.6 is 0 Å². The Hall–Kier alpha value is -5.47. The van der Waals surface area contributed by atoms with E-state index in [4.69, 9.17) is 5.73 Å². The van der Waals surface area contributed by atoms with Crippen molar-refractivity contribution >= 4 is 40.6 Å². The number of carbonyl (C=O) groups is 3. The number of H-pyrrole nitrogens is 1. The molecule has 0 radical (unpaired) electrons. The van der Waals surface area contributed by atoms with Crippen molar-refractivity contribution in [1.82, 2.24) is 30.2 Å². The second kappa shape index (κ2) is 11.3. The van der Waals surface area contributed by atoms with Crippen LogP contribution < -0.4 is 21.9 Å². The van der Waals surface area contributed by atoms with Gasteiger partial charge < -0.3 is 26.6 Å². The van der Waals surface area contributed by atoms with Crippen LogP contribution in [0.4, 0.5) is 16.0 Å². The number of aromatic nitrogens is 5. The topological polar surface area (TPSA) is 226 Å². The normalized spacial score (nSPS) is 12.4. The van der Waals surface area contributed by atoms with E-state index in [1.54, 1.807) is 12.1 Å². The number of aromatic amines is 1. The summed E-state index contributed by atoms with van der Waals surface area (Å²) in [5.74, 6) is -6.36. The molecule has 0 aliphatic rings. The number of nitrogens with two attached hydrogens (primary N) is 1. The second-order valence-corrected chi connectivity index (χ2v) is 8.29. The predicted molar refractivity (Wildman–Crippen MR) is 134 cm³/mol. The molecule has 1 unspecified atom stereocenters. The van der Waals surface area contributed by atoms with E-state index in [0.717, 1.165) is 6.20 Å². The summed E-state index contributed by atoms with van der Waals surface area (Å²) in [4.78, 5) is 66.1. The number of anilines is 2. The van der Waals surface area contributed by atoms with Gasteiger partial charge in [-0.25, -0.2) is 19.7 Å². The third-order valence-corrected chi connectivity index (χ3v) is 5.64. The van der Waals surface area contributed by atoms with Gasteiger partial charge in [0.05, 0.1) is 24.4 Å². The highest BCUT2D eigenvalue weighted by Crippen LogP contribution is 2.24. The molecule has 4 aromatic rings. The summed E-state index contributed by atoms with van der Waals surface area (Å²) in [6.45, 7) is 0.181. The number of hydrogen-bond acceptors (Lipinski definition) is 10. The monoisotopic (exact) mass is 536 g/mol. The lowest BCUT2D eigenvalue weighted by Crippen LogP contribution is -2.42. The summed E-state index contributed by atoms with van der Waals surface area (Å²) in [5, 5.41) is 24.4. The molecule has 7 N–H and O–H groups in total. The SMILES string of the molecule is Nc1nc2ncc(CNc3ccc(C(=O)N[C@@H](CC(C(=O)O)c4cccnc4F)C(=O)O)cc3)nc2c(=O)[nH]1. The maximum atomic E-state index is 14.0. The van der Waals surface area contributed by atoms with E-state index in [9.17, 15) is 33.8 Å². The highest BCUT2D eigenvalue weighted by molar-refractivity contribution is 5.97. The first-order valence-corrected chi connectivity index (χ1v) is 11.3. The maximum absolute atomic E-state index is 14.0. The van der Waals surface area contributed by atoms with E-state index in [1.807, 2.05) is 0 Å². The minimum absolute atomic E-state index is 0.0277. The lowest BCUT2D eigenvalue weighted by atomic mass is 9.92. The molecule has 2 atom stereocenters. The standard InChI is InChI=1S/C24H21FN8O6/c25-18-14(2-1-7-27-18)15(22(36)37)8-16(23(38)39)31-20(34)11-3-5-12(6-4-11)28-9-13-10-29-19-17(30-13)21(35)33-24(26)32-19/h1-7,10,15-16,28H,8-9H2,(H,31,34)(H,36,37)(H,38,39)(H3,26,29,32,33,35)/t15?,16-/m0/s1. The van der Waals surface area contributed by atoms with Crippen LogP contribution in [0.3, 0.4) is 0 Å². The van der Waals surface area contributed by atoms with Crippen molar-refractivity contribution in [3.63, 3.8) is 0 Å². The highest BCUT2D eigenvalue weighted by Gasteiger charge is 2.31. The van der Waals surface area contributed by atoms with Crippen molar-refractivity contribution in [2.75, 3.05) is 11.1 Å². The van der Waals surface area contributed by atoms with Gasteiger partial charge in [-0.1, -0.05) is 6.07 Å². The summed E-state index contributed by atoms with van der Waals surface area (Å²) in [6, 6.07) is 6.87. The third-order valence-electron chi connectivity index (χ3n) is 5.64. The first-order valence-electron chi connectivity index (χ1n) is 11.3. The number of rotatable bonds is 10. The van der Waals surface area contributed by atoms with E-state index in [2.05, 4.69) is 35.6 Å². The number of hydrogen-bond donors (Lipinski definition) is 6. The molecule has 39 heavy (non-hydrogen) atoms. The van der Waals surface area contributed by atoms with Crippen LogP contribution in [0.5, 0.6) is 0 Å². The summed E-state index contributed by atoms with van der Waals surface area (Å²) in [5.41, 5.74) is 5.92. The molecule has 14 nitrogen and oxygen atoms in total. The molecule has 200 valence electrons. The molecule has 0 fully saturated rings. The third kappa shape index (κ3) is 6.27. The molecule has 0 spiro atoms. The molecular weight excluding hydrogens is 515 g/mol. The first kappa shape index (κ1) is 26.6. The van der Waals surface area contributed by atoms with Crippen LogP contribution in [0.2, 0.25) is 0 Å². The summed E-state index contributed by atoms with van der Waals surface area (Å²) in [7, 11) is 0. The van der Waals surface area contributed by atoms with Crippen molar-refractivity contribution < 1.29 is 29.0 Å². The van der Waals surface area contributed by atoms with E-state index >= 15 is 0 Å². The molecule has 0 saturated carbocycles. The Balaban J connectivity index is 1.41. The number of aliphatic carboxylic acids is 2. The van der Waals surface area contributed by atoms with Crippen LogP contribution in [0, 0.1) is 5.95 Å². The number of benzene rings is 1. The number of nitrogens with zero attached hydrogens (tertiary/aromatic N) is 4. The largest absolute Gasteiger partial charge is 0.481 e. The number of pyridine rings is 1. The summed E-state index contributed by atoms with van der Waals surface area (Å²) >= 11 is 0. The van der Waals surface area contributed by atoms with Crippen LogP contribution in [-0.2, 0) is 16.1 Å². The number of carbonyl (C=O) groups excluding carboxylic acids is 1. The van der Waals surface area contributed by atoms with Crippen molar-refractivity contribution in [2.24, 2.45) is 0 Å². The Bertz CT molecular complexity index is 1610. The zero-order valence-corrected chi connectivity index (χ0v) is 20.0. The Morgan fingerprint density at radius 3 is 2.46 bits per heavy atom. The smallest absolute Gasteiger partial charge is 0.326 e. The maximum Gasteiger partial charge on any atom is 0.326 e. The number of halogens is 1. The molecule has 1 aromatic carbocycles. The van der Waals surface area contributed by atoms with Gasteiger partial charge in [0.15, 0.2) is 11.2 Å². The van der Waals surface area contributed by atoms with Crippen molar-refractivity contribution in [3.8, 4) is 0 Å². The molecule has 1 amide bonds. The number of fused-ring (bicyclic) bond motifs is 1. The van der Waals surface area contributed by atoms with Gasteiger partial charge in [-0.3, -0.25) is 19.4 Å². The van der Waals surface area contributed by atoms with Crippen LogP contribution in [0.25, 0.3) is 11.2 Å². The van der Waals surface area contributed by atoms with Gasteiger partial charge in [0.1, 0.15) is 6.04 Å². The van der Waals surface area contributed by atoms with Gasteiger partial charge in [0.2, 0.25) is 11.9 Å². The number of amides is 1. The lowest BCUT2D eigenvalue weighted by molar-refractivity contribution is -0.141. The number of carboxylic acid groups (broad SMARTS) is 2. The zero-order chi connectivity index (χ0) is 28.1. The average molecular weight is 536 g/mol. The lowest BCUT2D eigenvalue weighted by Gasteiger charge is -2.19. The summed E-state index contributed by atoms with van der Waals surface area (Å²) < 4.78 is 14.0. The quantitative estimate of drug-likeness (QED) is 0.155. The van der Waals surface area contributed by atoms with Crippen LogP contribution in [0.1, 0.15) is 34.0 Å². The second-order valence-electron chi connectivity index (χ2n) is 8.29. The fourth-order valence-corrected chi connectivity index (χ4v) is 3.71. The molecule has 4 rings (SSSR count). The molecule has 0 aliphatic carbocycles. The van der Waals surface area contributed by atoms with Crippen molar-refractivity contribution in [2.45, 2.75) is 24.9 Å². The zero-order valence-electron chi connectivity index (χ0n) is 20.0. The molecule has 0 saturated heterocycles. The average Bonchev–Trinajstić information content (AvgIpc) is 2.90. The number of nitrogen functional groups attached to an aromatic ring is 1. The molecule has 3 aromatic heterocycles. The Morgan fingerprint density at radius 2 is 1.79 bits per heavy atom. The Labute approximate surface area is 218 Å². The minimum atomic E-state index is -1.62. The van der Waals surface area contributed by atoms with Crippen LogP contribution in [-0.4, -0.2) is 59.0 Å². The Kier molecular flexibility index (Phi) is 7.69. The molecule has 15 heteroatoms. The van der Waals surface area contributed by atoms with E-state index in [1.165, 1.54) is 30.5 Å². The predicted octanol–water partition coefficient (Wildman–Crippen LogP) is 0.883. The molecule has 0 aliphatic heterocycles. The van der Waals surface area contributed by atoms with Gasteiger partial charge in [0.25, 0.3) is 11.5 Å². The highest BCUT2D eigenvalue weighted by atomic mass is 19.1. The minimum Gasteiger partial charge on any atom is -0.481 e. The molecule has 3 heterocycles. The van der Waals surface area contributed by atoms with Crippen molar-refractivity contribution in [1.29, 1.82) is 0 Å². The number of nitrogens with one attached hydrogen (secondary N) is 3. The van der Waals surface area contributed by atoms with E-state index in [-0.39, 0.29) is 34.8 Å². The van der Waals surface area contributed by atoms with Gasteiger partial charge in [-0.15, -0.1) is 0 Å². The molecular formula is C24H21FN8O6. The van der Waals surface area contributed by atoms with E-state index in [0.29, 0.717) is 11.4 Å².